The summed E-state index contributed by atoms with van der Waals surface area (Å²) in [6.07, 6.45) is 1.74. The molecule has 2 nitrogen and oxygen atoms in total. The first-order chi connectivity index (χ1) is 6.61. The number of hydrogen-bond acceptors (Lipinski definition) is 1. The van der Waals surface area contributed by atoms with Crippen LogP contribution in [-0.4, -0.2) is 9.55 Å². The van der Waals surface area contributed by atoms with Crippen LogP contribution in [-0.2, 0) is 12.0 Å². The molecule has 0 saturated carbocycles. The van der Waals surface area contributed by atoms with Gasteiger partial charge in [0.25, 0.3) is 0 Å². The van der Waals surface area contributed by atoms with Crippen LogP contribution in [0.5, 0.6) is 0 Å². The average molecular weight is 229 g/mol. The summed E-state index contributed by atoms with van der Waals surface area (Å²) in [6.45, 7) is 14.0. The smallest absolute Gasteiger partial charge is 0.128 e. The minimum Gasteiger partial charge on any atom is -0.318 e. The van der Waals surface area contributed by atoms with Crippen LogP contribution in [0.25, 0.3) is 0 Å². The Kier molecular flexibility index (Phi) is 3.20. The van der Waals surface area contributed by atoms with Crippen molar-refractivity contribution < 1.29 is 0 Å². The Morgan fingerprint density at radius 2 is 1.73 bits per heavy atom. The summed E-state index contributed by atoms with van der Waals surface area (Å²) in [5.74, 6) is 1.06. The van der Waals surface area contributed by atoms with Gasteiger partial charge in [0.2, 0.25) is 0 Å². The van der Waals surface area contributed by atoms with Crippen molar-refractivity contribution in [3.63, 3.8) is 0 Å². The molecule has 0 atom stereocenters. The third kappa shape index (κ3) is 3.23. The minimum absolute atomic E-state index is 0.0401. The van der Waals surface area contributed by atoms with Crippen LogP contribution in [0.3, 0.4) is 0 Å². The molecule has 1 heterocycles. The van der Waals surface area contributed by atoms with Crippen molar-refractivity contribution in [1.29, 1.82) is 0 Å². The van der Waals surface area contributed by atoms with Crippen LogP contribution >= 0.6 is 11.6 Å². The van der Waals surface area contributed by atoms with Crippen LogP contribution in [0.15, 0.2) is 6.20 Å². The third-order valence-electron chi connectivity index (χ3n) is 2.11. The highest BCUT2D eigenvalue weighted by molar-refractivity contribution is 6.29. The molecule has 0 bridgehead atoms. The molecular weight excluding hydrogens is 208 g/mol. The van der Waals surface area contributed by atoms with E-state index in [4.69, 9.17) is 11.6 Å². The van der Waals surface area contributed by atoms with Crippen LogP contribution in [0.2, 0.25) is 5.15 Å². The number of imidazole rings is 1. The van der Waals surface area contributed by atoms with Crippen LogP contribution in [0.4, 0.5) is 0 Å². The van der Waals surface area contributed by atoms with Gasteiger partial charge in [-0.15, -0.1) is 0 Å². The fourth-order valence-electron chi connectivity index (χ4n) is 1.58. The van der Waals surface area contributed by atoms with E-state index in [1.54, 1.807) is 6.20 Å². The van der Waals surface area contributed by atoms with E-state index in [1.807, 2.05) is 0 Å². The van der Waals surface area contributed by atoms with Crippen molar-refractivity contribution in [2.45, 2.75) is 53.5 Å². The van der Waals surface area contributed by atoms with Crippen molar-refractivity contribution >= 4 is 11.6 Å². The number of hydrogen-bond donors (Lipinski definition) is 0. The van der Waals surface area contributed by atoms with Gasteiger partial charge in [-0.25, -0.2) is 4.98 Å². The topological polar surface area (TPSA) is 17.8 Å². The van der Waals surface area contributed by atoms with Crippen molar-refractivity contribution in [2.24, 2.45) is 5.41 Å². The lowest BCUT2D eigenvalue weighted by atomic mass is 9.93. The van der Waals surface area contributed by atoms with E-state index in [9.17, 15) is 0 Å². The molecule has 0 amide bonds. The van der Waals surface area contributed by atoms with Gasteiger partial charge in [0.1, 0.15) is 11.0 Å². The first kappa shape index (κ1) is 12.6. The highest BCUT2D eigenvalue weighted by atomic mass is 35.5. The van der Waals surface area contributed by atoms with Gasteiger partial charge in [0.15, 0.2) is 0 Å². The molecule has 0 aliphatic heterocycles. The summed E-state index contributed by atoms with van der Waals surface area (Å²) in [5.41, 5.74) is 0.253. The van der Waals surface area contributed by atoms with E-state index in [1.165, 1.54) is 0 Å². The quantitative estimate of drug-likeness (QED) is 0.713. The van der Waals surface area contributed by atoms with Gasteiger partial charge in [0.05, 0.1) is 6.20 Å². The summed E-state index contributed by atoms with van der Waals surface area (Å²) in [7, 11) is 0. The lowest BCUT2D eigenvalue weighted by Crippen LogP contribution is -2.24. The van der Waals surface area contributed by atoms with E-state index < -0.39 is 0 Å². The van der Waals surface area contributed by atoms with Gasteiger partial charge >= 0.3 is 0 Å². The van der Waals surface area contributed by atoms with Gasteiger partial charge in [0, 0.05) is 12.0 Å². The molecule has 0 aliphatic carbocycles. The minimum atomic E-state index is 0.0401. The summed E-state index contributed by atoms with van der Waals surface area (Å²) >= 11 is 6.16. The Labute approximate surface area is 97.7 Å². The second-order valence-electron chi connectivity index (χ2n) is 6.30. The Hall–Kier alpha value is -0.500. The second kappa shape index (κ2) is 3.82. The van der Waals surface area contributed by atoms with E-state index in [-0.39, 0.29) is 10.8 Å². The molecule has 0 saturated heterocycles. The van der Waals surface area contributed by atoms with Crippen molar-refractivity contribution in [3.05, 3.63) is 17.2 Å². The lowest BCUT2D eigenvalue weighted by Gasteiger charge is -2.25. The van der Waals surface area contributed by atoms with Gasteiger partial charge in [-0.2, -0.15) is 0 Å². The fourth-order valence-corrected chi connectivity index (χ4v) is 1.77. The van der Waals surface area contributed by atoms with Crippen LogP contribution < -0.4 is 0 Å². The zero-order valence-corrected chi connectivity index (χ0v) is 11.3. The molecule has 15 heavy (non-hydrogen) atoms. The Balaban J connectivity index is 3.11. The van der Waals surface area contributed by atoms with Gasteiger partial charge in [-0.3, -0.25) is 0 Å². The Bertz CT molecular complexity index is 339. The summed E-state index contributed by atoms with van der Waals surface area (Å²) in [6, 6.07) is 0. The molecule has 0 fully saturated rings. The zero-order chi connectivity index (χ0) is 11.9. The molecule has 0 aromatic carbocycles. The number of halogens is 1. The highest BCUT2D eigenvalue weighted by Crippen LogP contribution is 2.28. The lowest BCUT2D eigenvalue weighted by molar-refractivity contribution is 0.327. The maximum absolute atomic E-state index is 6.16. The van der Waals surface area contributed by atoms with E-state index >= 15 is 0 Å². The predicted octanol–water partition coefficient (Wildman–Crippen LogP) is 3.88. The third-order valence-corrected chi connectivity index (χ3v) is 2.41. The van der Waals surface area contributed by atoms with Gasteiger partial charge in [-0.05, 0) is 5.41 Å². The molecule has 0 aliphatic rings. The van der Waals surface area contributed by atoms with E-state index in [0.717, 1.165) is 17.5 Å². The Morgan fingerprint density at radius 3 is 2.13 bits per heavy atom. The van der Waals surface area contributed by atoms with E-state index in [0.29, 0.717) is 0 Å². The molecule has 1 aromatic heterocycles. The molecule has 0 spiro atoms. The maximum Gasteiger partial charge on any atom is 0.128 e. The van der Waals surface area contributed by atoms with Gasteiger partial charge < -0.3 is 4.57 Å². The van der Waals surface area contributed by atoms with Crippen molar-refractivity contribution in [3.8, 4) is 0 Å². The first-order valence-corrected chi connectivity index (χ1v) is 5.70. The average Bonchev–Trinajstić information content (AvgIpc) is 2.28. The van der Waals surface area contributed by atoms with Crippen molar-refractivity contribution in [2.75, 3.05) is 0 Å². The molecular formula is C12H21ClN2. The monoisotopic (exact) mass is 228 g/mol. The fraction of sp³-hybridized carbons (Fsp3) is 0.750. The zero-order valence-electron chi connectivity index (χ0n) is 10.6. The largest absolute Gasteiger partial charge is 0.318 e. The molecule has 86 valence electrons. The highest BCUT2D eigenvalue weighted by Gasteiger charge is 2.24. The van der Waals surface area contributed by atoms with Crippen molar-refractivity contribution in [1.82, 2.24) is 9.55 Å². The molecule has 1 rings (SSSR count). The number of rotatable bonds is 1. The SMILES string of the molecule is CC(C)(C)Cn1c(Cl)cnc1C(C)(C)C. The first-order valence-electron chi connectivity index (χ1n) is 5.33. The summed E-state index contributed by atoms with van der Waals surface area (Å²) in [4.78, 5) is 4.40. The normalized spacial score (nSPS) is 13.3. The summed E-state index contributed by atoms with van der Waals surface area (Å²) < 4.78 is 2.11. The van der Waals surface area contributed by atoms with Gasteiger partial charge in [-0.1, -0.05) is 53.1 Å². The summed E-state index contributed by atoms with van der Waals surface area (Å²) in [5, 5.41) is 0.731. The van der Waals surface area contributed by atoms with Crippen LogP contribution in [0, 0.1) is 5.41 Å². The maximum atomic E-state index is 6.16. The molecule has 1 aromatic rings. The molecule has 0 unspecified atom stereocenters. The number of aromatic nitrogens is 2. The number of nitrogens with zero attached hydrogens (tertiary/aromatic N) is 2. The van der Waals surface area contributed by atoms with Crippen LogP contribution in [0.1, 0.15) is 47.4 Å². The predicted molar refractivity (Wildman–Crippen MR) is 65.4 cm³/mol. The molecule has 0 N–H and O–H groups in total. The molecule has 0 radical (unpaired) electrons. The Morgan fingerprint density at radius 1 is 1.20 bits per heavy atom. The second-order valence-corrected chi connectivity index (χ2v) is 6.69. The molecule has 3 heteroatoms. The standard InChI is InChI=1S/C12H21ClN2/c1-11(2,3)8-15-9(13)7-14-10(15)12(4,5)6/h7H,8H2,1-6H3. The van der Waals surface area contributed by atoms with E-state index in [2.05, 4.69) is 51.1 Å².